The van der Waals surface area contributed by atoms with Gasteiger partial charge in [-0.2, -0.15) is 0 Å². The number of halogens is 1. The maximum absolute atomic E-state index is 5.57. The van der Waals surface area contributed by atoms with E-state index in [2.05, 4.69) is 15.9 Å². The van der Waals surface area contributed by atoms with Crippen molar-refractivity contribution in [1.29, 1.82) is 0 Å². The van der Waals surface area contributed by atoms with E-state index in [-0.39, 0.29) is 0 Å². The highest BCUT2D eigenvalue weighted by Gasteiger charge is 1.97. The molecule has 0 aliphatic carbocycles. The van der Waals surface area contributed by atoms with E-state index in [1.54, 1.807) is 0 Å². The zero-order valence-corrected chi connectivity index (χ0v) is 29.7. The first kappa shape index (κ1) is 44.2. The molecular formula is C33H59BrO13. The van der Waals surface area contributed by atoms with Gasteiger partial charge in [0.1, 0.15) is 0 Å². The first-order chi connectivity index (χ1) is 23.4. The summed E-state index contributed by atoms with van der Waals surface area (Å²) in [5.41, 5.74) is 1.16. The minimum Gasteiger partial charge on any atom is -0.378 e. The summed E-state index contributed by atoms with van der Waals surface area (Å²) in [5.74, 6) is 0. The standard InChI is InChI=1S/C33H59BrO13/c34-6-7-35-8-9-36-10-11-37-12-13-38-14-15-39-16-17-40-18-19-41-20-21-42-22-23-43-24-25-44-26-27-45-28-29-46-30-31-47-32-33-4-2-1-3-5-33/h1-5H,6-32H2. The molecule has 0 amide bonds. The molecule has 0 spiro atoms. The van der Waals surface area contributed by atoms with Crippen LogP contribution < -0.4 is 0 Å². The molecule has 0 aliphatic rings. The largest absolute Gasteiger partial charge is 0.378 e. The van der Waals surface area contributed by atoms with Gasteiger partial charge in [0.15, 0.2) is 0 Å². The van der Waals surface area contributed by atoms with Gasteiger partial charge in [-0.25, -0.2) is 0 Å². The minimum absolute atomic E-state index is 0.511. The monoisotopic (exact) mass is 742 g/mol. The number of benzene rings is 1. The number of hydrogen-bond acceptors (Lipinski definition) is 13. The van der Waals surface area contributed by atoms with Crippen LogP contribution in [0, 0.1) is 0 Å². The highest BCUT2D eigenvalue weighted by atomic mass is 79.9. The number of alkyl halides is 1. The molecule has 1 rings (SSSR count). The Labute approximate surface area is 290 Å². The molecule has 0 aromatic heterocycles. The molecule has 276 valence electrons. The zero-order valence-electron chi connectivity index (χ0n) is 28.2. The van der Waals surface area contributed by atoms with Crippen LogP contribution in [0.2, 0.25) is 0 Å². The van der Waals surface area contributed by atoms with Gasteiger partial charge in [-0.3, -0.25) is 0 Å². The molecular weight excluding hydrogens is 684 g/mol. The summed E-state index contributed by atoms with van der Waals surface area (Å²) in [6.45, 7) is 14.0. The van der Waals surface area contributed by atoms with E-state index >= 15 is 0 Å². The molecule has 0 saturated carbocycles. The van der Waals surface area contributed by atoms with Crippen LogP contribution in [0.15, 0.2) is 30.3 Å². The predicted octanol–water partition coefficient (Wildman–Crippen LogP) is 2.80. The summed E-state index contributed by atoms with van der Waals surface area (Å²) in [6, 6.07) is 10.1. The molecule has 0 saturated heterocycles. The van der Waals surface area contributed by atoms with Gasteiger partial charge in [0.2, 0.25) is 0 Å². The third kappa shape index (κ3) is 36.3. The quantitative estimate of drug-likeness (QED) is 0.0725. The van der Waals surface area contributed by atoms with Crippen molar-refractivity contribution >= 4 is 15.9 Å². The van der Waals surface area contributed by atoms with E-state index in [4.69, 9.17) is 61.6 Å². The smallest absolute Gasteiger partial charge is 0.0718 e. The molecule has 13 nitrogen and oxygen atoms in total. The van der Waals surface area contributed by atoms with Crippen LogP contribution in [0.4, 0.5) is 0 Å². The van der Waals surface area contributed by atoms with Crippen molar-refractivity contribution in [2.75, 3.05) is 171 Å². The molecule has 0 heterocycles. The van der Waals surface area contributed by atoms with Crippen LogP contribution in [0.25, 0.3) is 0 Å². The van der Waals surface area contributed by atoms with Crippen molar-refractivity contribution in [3.05, 3.63) is 35.9 Å². The van der Waals surface area contributed by atoms with Gasteiger partial charge in [-0.05, 0) is 5.56 Å². The lowest BCUT2D eigenvalue weighted by Gasteiger charge is -2.09. The molecule has 0 radical (unpaired) electrons. The lowest BCUT2D eigenvalue weighted by Crippen LogP contribution is -2.15. The van der Waals surface area contributed by atoms with Crippen LogP contribution >= 0.6 is 15.9 Å². The van der Waals surface area contributed by atoms with Crippen LogP contribution in [-0.4, -0.2) is 171 Å². The van der Waals surface area contributed by atoms with Gasteiger partial charge in [-0.15, -0.1) is 0 Å². The van der Waals surface area contributed by atoms with Crippen molar-refractivity contribution < 1.29 is 61.6 Å². The molecule has 0 atom stereocenters. The summed E-state index contributed by atoms with van der Waals surface area (Å²) in [4.78, 5) is 0. The highest BCUT2D eigenvalue weighted by molar-refractivity contribution is 9.09. The first-order valence-electron chi connectivity index (χ1n) is 16.5. The first-order valence-corrected chi connectivity index (χ1v) is 17.7. The van der Waals surface area contributed by atoms with Crippen LogP contribution in [0.3, 0.4) is 0 Å². The summed E-state index contributed by atoms with van der Waals surface area (Å²) in [6.07, 6.45) is 0. The van der Waals surface area contributed by atoms with Gasteiger partial charge in [0.05, 0.1) is 172 Å². The lowest BCUT2D eigenvalue weighted by atomic mass is 10.2. The third-order valence-electron chi connectivity index (χ3n) is 5.80. The maximum Gasteiger partial charge on any atom is 0.0718 e. The van der Waals surface area contributed by atoms with Crippen molar-refractivity contribution in [3.8, 4) is 0 Å². The van der Waals surface area contributed by atoms with Crippen molar-refractivity contribution in [2.45, 2.75) is 6.61 Å². The van der Waals surface area contributed by atoms with E-state index in [0.717, 1.165) is 10.9 Å². The molecule has 1 aromatic rings. The van der Waals surface area contributed by atoms with E-state index in [1.807, 2.05) is 30.3 Å². The molecule has 0 unspecified atom stereocenters. The number of hydrogen-bond donors (Lipinski definition) is 0. The summed E-state index contributed by atoms with van der Waals surface area (Å²) in [7, 11) is 0. The minimum atomic E-state index is 0.511. The second-order valence-electron chi connectivity index (χ2n) is 9.58. The maximum atomic E-state index is 5.57. The molecule has 0 fully saturated rings. The highest BCUT2D eigenvalue weighted by Crippen LogP contribution is 2.00. The van der Waals surface area contributed by atoms with E-state index < -0.39 is 0 Å². The molecule has 14 heteroatoms. The fraction of sp³-hybridized carbons (Fsp3) is 0.818. The normalized spacial score (nSPS) is 11.5. The van der Waals surface area contributed by atoms with Gasteiger partial charge < -0.3 is 61.6 Å². The van der Waals surface area contributed by atoms with Crippen molar-refractivity contribution in [1.82, 2.24) is 0 Å². The lowest BCUT2D eigenvalue weighted by molar-refractivity contribution is -0.0291. The Kier molecular flexibility index (Phi) is 37.3. The van der Waals surface area contributed by atoms with E-state index in [1.165, 1.54) is 0 Å². The topological polar surface area (TPSA) is 120 Å². The Bertz CT molecular complexity index is 708. The Morgan fingerprint density at radius 1 is 0.277 bits per heavy atom. The third-order valence-corrected chi connectivity index (χ3v) is 6.12. The molecule has 1 aromatic carbocycles. The summed E-state index contributed by atoms with van der Waals surface area (Å²) >= 11 is 3.30. The fourth-order valence-electron chi connectivity index (χ4n) is 3.46. The van der Waals surface area contributed by atoms with Gasteiger partial charge in [-0.1, -0.05) is 46.3 Å². The van der Waals surface area contributed by atoms with Crippen LogP contribution in [0.1, 0.15) is 5.56 Å². The number of ether oxygens (including phenoxy) is 13. The number of rotatable bonds is 40. The summed E-state index contributed by atoms with van der Waals surface area (Å²) in [5, 5.41) is 0.837. The SMILES string of the molecule is BrCCOCCOCCOCCOCCOCCOCCOCCOCCOCCOCCOCCOCCOCc1ccccc1. The second-order valence-corrected chi connectivity index (χ2v) is 10.4. The van der Waals surface area contributed by atoms with Crippen molar-refractivity contribution in [3.63, 3.8) is 0 Å². The average molecular weight is 744 g/mol. The van der Waals surface area contributed by atoms with E-state index in [0.29, 0.717) is 172 Å². The zero-order chi connectivity index (χ0) is 33.4. The van der Waals surface area contributed by atoms with Gasteiger partial charge in [0, 0.05) is 5.33 Å². The molecule has 0 aliphatic heterocycles. The Morgan fingerprint density at radius 2 is 0.489 bits per heavy atom. The Balaban J connectivity index is 1.60. The fourth-order valence-corrected chi connectivity index (χ4v) is 3.69. The summed E-state index contributed by atoms with van der Waals surface area (Å²) < 4.78 is 71.0. The molecule has 47 heavy (non-hydrogen) atoms. The van der Waals surface area contributed by atoms with Gasteiger partial charge in [0.25, 0.3) is 0 Å². The predicted molar refractivity (Wildman–Crippen MR) is 180 cm³/mol. The van der Waals surface area contributed by atoms with Crippen LogP contribution in [0.5, 0.6) is 0 Å². The van der Waals surface area contributed by atoms with Crippen molar-refractivity contribution in [2.24, 2.45) is 0 Å². The van der Waals surface area contributed by atoms with Crippen LogP contribution in [-0.2, 0) is 68.2 Å². The molecule has 0 N–H and O–H groups in total. The Hall–Kier alpha value is -0.820. The molecule has 0 bridgehead atoms. The average Bonchev–Trinajstić information content (AvgIpc) is 3.09. The van der Waals surface area contributed by atoms with Gasteiger partial charge >= 0.3 is 0 Å². The van der Waals surface area contributed by atoms with E-state index in [9.17, 15) is 0 Å². The second kappa shape index (κ2) is 39.6. The Morgan fingerprint density at radius 3 is 0.723 bits per heavy atom.